The number of hydrogen-bond acceptors (Lipinski definition) is 22. The minimum atomic E-state index is -1.23. The summed E-state index contributed by atoms with van der Waals surface area (Å²) in [6.07, 6.45) is 0. The summed E-state index contributed by atoms with van der Waals surface area (Å²) >= 11 is 1.82. The van der Waals surface area contributed by atoms with Crippen molar-refractivity contribution in [1.82, 2.24) is 34.9 Å². The van der Waals surface area contributed by atoms with E-state index in [1.165, 1.54) is 20.2 Å². The fourth-order valence-electron chi connectivity index (χ4n) is 15.7. The van der Waals surface area contributed by atoms with Crippen molar-refractivity contribution in [3.8, 4) is 68.3 Å². The van der Waals surface area contributed by atoms with E-state index >= 15 is 0 Å². The molecule has 1 atom stereocenters. The van der Waals surface area contributed by atoms with Crippen LogP contribution in [0.2, 0.25) is 0 Å². The van der Waals surface area contributed by atoms with Crippen LogP contribution in [0, 0.1) is 0 Å². The Morgan fingerprint density at radius 2 is 0.598 bits per heavy atom. The third-order valence-corrected chi connectivity index (χ3v) is 23.1. The lowest BCUT2D eigenvalue weighted by Crippen LogP contribution is -2.33. The number of fused-ring (bicyclic) bond motifs is 7. The quantitative estimate of drug-likeness (QED) is 0.150. The van der Waals surface area contributed by atoms with Crippen molar-refractivity contribution in [3.63, 3.8) is 0 Å². The van der Waals surface area contributed by atoms with Crippen LogP contribution in [-0.2, 0) is 43.3 Å². The Bertz CT molecular complexity index is 6100. The molecule has 122 heavy (non-hydrogen) atoms. The van der Waals surface area contributed by atoms with Crippen LogP contribution in [0.5, 0.6) is 23.0 Å². The van der Waals surface area contributed by atoms with Crippen molar-refractivity contribution >= 4 is 86.8 Å². The van der Waals surface area contributed by atoms with Crippen molar-refractivity contribution in [1.29, 1.82) is 0 Å². The van der Waals surface area contributed by atoms with Gasteiger partial charge in [0.25, 0.3) is 0 Å². The molecule has 0 saturated heterocycles. The predicted octanol–water partition coefficient (Wildman–Crippen LogP) is 18.2. The van der Waals surface area contributed by atoms with E-state index in [-0.39, 0.29) is 6.61 Å². The standard InChI is InChI=1S/C100H93N9O12S/c1-3-10-76(11-4-1)97-105-98(77-12-5-2-6-13-77)107-99(106-97)109-48-52-112-56-60-116-63-67-119-81-36-24-71(25-37-81)87-43-27-73-19-21-75-29-45-91(104-95(75)93(73)102-87)100(79-32-40-83(41-33-79)121-69-65-117-61-57-113-53-49-109)78-30-38-82(39-31-78)120-68-64-115-59-55-111-51-47-108(88-16-9-15-85-84-14-7-8-17-89(84)122-96(85)88)46-50-110-54-58-114-62-66-118-80-34-22-70(23-35-80)86-42-26-72-18-20-74-28-44-90(100)103-94(74)92(72)101-86/h1-45H,46-69H2. The lowest BCUT2D eigenvalue weighted by molar-refractivity contribution is 0.0346. The van der Waals surface area contributed by atoms with Crippen molar-refractivity contribution in [2.45, 2.75) is 5.41 Å². The molecule has 16 aromatic rings. The smallest absolute Gasteiger partial charge is 0.229 e. The van der Waals surface area contributed by atoms with Gasteiger partial charge in [-0.25, -0.2) is 24.9 Å². The maximum atomic E-state index is 6.53. The fourth-order valence-corrected chi connectivity index (χ4v) is 16.9. The molecule has 0 fully saturated rings. The first-order valence-corrected chi connectivity index (χ1v) is 42.5. The monoisotopic (exact) mass is 1640 g/mol. The van der Waals surface area contributed by atoms with E-state index in [9.17, 15) is 0 Å². The van der Waals surface area contributed by atoms with E-state index in [0.29, 0.717) is 198 Å². The molecule has 12 heterocycles. The number of anilines is 2. The summed E-state index contributed by atoms with van der Waals surface area (Å²) in [7, 11) is 0. The fraction of sp³-hybridized carbons (Fsp3) is 0.250. The minimum Gasteiger partial charge on any atom is -0.491 e. The molecule has 0 aliphatic carbocycles. The Kier molecular flexibility index (Phi) is 26.0. The van der Waals surface area contributed by atoms with E-state index in [1.807, 2.05) is 145 Å². The summed E-state index contributed by atoms with van der Waals surface area (Å²) in [6.45, 7) is 10.0. The molecule has 21 nitrogen and oxygen atoms in total. The van der Waals surface area contributed by atoms with E-state index in [2.05, 4.69) is 149 Å². The normalized spacial score (nSPS) is 16.9. The van der Waals surface area contributed by atoms with Crippen LogP contribution in [0.25, 0.3) is 109 Å². The number of ether oxygens (including phenoxy) is 12. The average Bonchev–Trinajstić information content (AvgIpc) is 0.818. The average molecular weight is 1640 g/mol. The topological polar surface area (TPSA) is 207 Å². The Labute approximate surface area is 711 Å². The van der Waals surface area contributed by atoms with Gasteiger partial charge in [0, 0.05) is 85.5 Å². The van der Waals surface area contributed by atoms with Gasteiger partial charge in [-0.2, -0.15) is 9.97 Å². The summed E-state index contributed by atoms with van der Waals surface area (Å²) in [4.78, 5) is 42.1. The second-order valence-corrected chi connectivity index (χ2v) is 30.6. The number of hydrogen-bond donors (Lipinski definition) is 0. The molecule has 10 aromatic carbocycles. The molecular weight excluding hydrogens is 1550 g/mol. The van der Waals surface area contributed by atoms with Crippen molar-refractivity contribution in [3.05, 3.63) is 296 Å². The van der Waals surface area contributed by atoms with Crippen molar-refractivity contribution < 1.29 is 56.8 Å². The minimum absolute atomic E-state index is 0.284. The highest BCUT2D eigenvalue weighted by atomic mass is 32.1. The zero-order valence-corrected chi connectivity index (χ0v) is 68.6. The van der Waals surface area contributed by atoms with Crippen LogP contribution >= 0.6 is 11.3 Å². The molecule has 16 bridgehead atoms. The van der Waals surface area contributed by atoms with E-state index in [1.54, 1.807) is 0 Å². The summed E-state index contributed by atoms with van der Waals surface area (Å²) < 4.78 is 77.4. The van der Waals surface area contributed by atoms with E-state index in [4.69, 9.17) is 91.7 Å². The van der Waals surface area contributed by atoms with Gasteiger partial charge in [-0.1, -0.05) is 164 Å². The van der Waals surface area contributed by atoms with E-state index < -0.39 is 5.41 Å². The molecule has 0 N–H and O–H groups in total. The Morgan fingerprint density at radius 3 is 1.02 bits per heavy atom. The predicted molar refractivity (Wildman–Crippen MR) is 480 cm³/mol. The summed E-state index contributed by atoms with van der Waals surface area (Å²) in [6, 6.07) is 93.0. The second-order valence-electron chi connectivity index (χ2n) is 29.6. The largest absolute Gasteiger partial charge is 0.491 e. The zero-order chi connectivity index (χ0) is 81.9. The van der Waals surface area contributed by atoms with Crippen LogP contribution < -0.4 is 28.7 Å². The van der Waals surface area contributed by atoms with Crippen molar-refractivity contribution in [2.75, 3.05) is 168 Å². The van der Waals surface area contributed by atoms with Gasteiger partial charge >= 0.3 is 0 Å². The molecule has 1 spiro atoms. The molecule has 0 amide bonds. The molecule has 6 aliphatic heterocycles. The zero-order valence-electron chi connectivity index (χ0n) is 67.8. The summed E-state index contributed by atoms with van der Waals surface area (Å²) in [5.74, 6) is 4.40. The highest BCUT2D eigenvalue weighted by molar-refractivity contribution is 7.26. The van der Waals surface area contributed by atoms with Crippen LogP contribution in [0.4, 0.5) is 11.6 Å². The molecule has 0 radical (unpaired) electrons. The molecule has 6 aromatic heterocycles. The Balaban J connectivity index is 0.661. The number of pyridine rings is 4. The van der Waals surface area contributed by atoms with Gasteiger partial charge in [0.1, 0.15) is 54.8 Å². The van der Waals surface area contributed by atoms with Gasteiger partial charge in [-0.05, 0) is 120 Å². The molecule has 6 aliphatic rings. The van der Waals surface area contributed by atoms with Crippen molar-refractivity contribution in [2.24, 2.45) is 0 Å². The van der Waals surface area contributed by atoms with Gasteiger partial charge < -0.3 is 66.6 Å². The molecular formula is C100H93N9O12S. The van der Waals surface area contributed by atoms with Gasteiger partial charge in [0.2, 0.25) is 5.95 Å². The first-order valence-electron chi connectivity index (χ1n) is 41.7. The number of rotatable bonds is 4. The van der Waals surface area contributed by atoms with E-state index in [0.717, 1.165) is 99.8 Å². The van der Waals surface area contributed by atoms with Crippen LogP contribution in [-0.4, -0.2) is 193 Å². The SMILES string of the molecule is c1ccc(-c2nc(-c3ccccc3)nc(N3CCOCCOCCOc4ccc(cc4)-c4ccc5ccc6ccc(nc6c5n4)C4(c5ccc(cc5)OCCOCCOCC3)c3ccc(cc3)OCCOCCOCCN(c3cccc5c3sc3ccccc35)CCOCCOCCOc3ccc(cc3)-c3ccc5ccc6ccc4nc6c5n3)n2)cc1. The third kappa shape index (κ3) is 18.8. The number of benzene rings is 10. The molecule has 1 unspecified atom stereocenters. The highest BCUT2D eigenvalue weighted by Crippen LogP contribution is 2.47. The summed E-state index contributed by atoms with van der Waals surface area (Å²) in [5.41, 5.74) is 11.2. The molecule has 22 rings (SSSR count). The number of aromatic nitrogens is 7. The van der Waals surface area contributed by atoms with Gasteiger partial charge in [-0.15, -0.1) is 11.3 Å². The molecule has 616 valence electrons. The van der Waals surface area contributed by atoms with Crippen LogP contribution in [0.15, 0.2) is 273 Å². The lowest BCUT2D eigenvalue weighted by atomic mass is 9.68. The number of nitrogens with zero attached hydrogens (tertiary/aromatic N) is 9. The first-order chi connectivity index (χ1) is 60.5. The van der Waals surface area contributed by atoms with Crippen LogP contribution in [0.3, 0.4) is 0 Å². The van der Waals surface area contributed by atoms with Gasteiger partial charge in [0.15, 0.2) is 11.6 Å². The first kappa shape index (κ1) is 80.6. The maximum Gasteiger partial charge on any atom is 0.229 e. The molecule has 22 heteroatoms. The Hall–Kier alpha value is -12.5. The molecule has 0 saturated carbocycles. The van der Waals surface area contributed by atoms with Crippen LogP contribution in [0.1, 0.15) is 22.5 Å². The Morgan fingerprint density at radius 1 is 0.254 bits per heavy atom. The van der Waals surface area contributed by atoms with Gasteiger partial charge in [-0.3, -0.25) is 0 Å². The second kappa shape index (κ2) is 39.4. The number of thiophene rings is 1. The third-order valence-electron chi connectivity index (χ3n) is 21.9. The lowest BCUT2D eigenvalue weighted by Gasteiger charge is -2.35. The highest BCUT2D eigenvalue weighted by Gasteiger charge is 2.42. The summed E-state index contributed by atoms with van der Waals surface area (Å²) in [5, 5.41) is 6.21. The van der Waals surface area contributed by atoms with Gasteiger partial charge in [0.05, 0.1) is 161 Å². The maximum absolute atomic E-state index is 6.53.